The standard InChI is InChI=1S/C18H27ClN2O/c1-2-3-12-21(14-16-6-4-5-7-17(16)19)18(22)9-8-15-10-11-20-13-15/h4-7,15,20H,2-3,8-14H2,1H3. The van der Waals surface area contributed by atoms with Gasteiger partial charge in [-0.05, 0) is 49.9 Å². The largest absolute Gasteiger partial charge is 0.338 e. The monoisotopic (exact) mass is 322 g/mol. The lowest BCUT2D eigenvalue weighted by molar-refractivity contribution is -0.132. The Morgan fingerprint density at radius 2 is 2.23 bits per heavy atom. The molecule has 0 saturated carbocycles. The predicted octanol–water partition coefficient (Wildman–Crippen LogP) is 3.86. The van der Waals surface area contributed by atoms with Crippen molar-refractivity contribution in [2.24, 2.45) is 5.92 Å². The molecule has 1 fully saturated rings. The number of hydrogen-bond donors (Lipinski definition) is 1. The third-order valence-electron chi connectivity index (χ3n) is 4.38. The fourth-order valence-electron chi connectivity index (χ4n) is 2.92. The molecule has 0 spiro atoms. The normalized spacial score (nSPS) is 17.6. The van der Waals surface area contributed by atoms with Crippen LogP contribution >= 0.6 is 11.6 Å². The smallest absolute Gasteiger partial charge is 0.222 e. The van der Waals surface area contributed by atoms with Gasteiger partial charge in [-0.1, -0.05) is 43.1 Å². The lowest BCUT2D eigenvalue weighted by Crippen LogP contribution is -2.32. The number of rotatable bonds is 8. The van der Waals surface area contributed by atoms with E-state index < -0.39 is 0 Å². The van der Waals surface area contributed by atoms with Crippen LogP contribution in [-0.4, -0.2) is 30.4 Å². The maximum Gasteiger partial charge on any atom is 0.222 e. The molecule has 0 aromatic heterocycles. The van der Waals surface area contributed by atoms with Crippen molar-refractivity contribution in [1.29, 1.82) is 0 Å². The summed E-state index contributed by atoms with van der Waals surface area (Å²) < 4.78 is 0. The van der Waals surface area contributed by atoms with Crippen molar-refractivity contribution < 1.29 is 4.79 Å². The molecule has 1 aromatic rings. The van der Waals surface area contributed by atoms with Crippen molar-refractivity contribution in [3.8, 4) is 0 Å². The first-order valence-corrected chi connectivity index (χ1v) is 8.80. The fraction of sp³-hybridized carbons (Fsp3) is 0.611. The van der Waals surface area contributed by atoms with Gasteiger partial charge in [-0.3, -0.25) is 4.79 Å². The quantitative estimate of drug-likeness (QED) is 0.788. The van der Waals surface area contributed by atoms with E-state index in [1.54, 1.807) is 0 Å². The third kappa shape index (κ3) is 5.29. The molecule has 1 amide bonds. The molecule has 4 heteroatoms. The van der Waals surface area contributed by atoms with Gasteiger partial charge in [0, 0.05) is 24.5 Å². The van der Waals surface area contributed by atoms with Crippen molar-refractivity contribution in [2.45, 2.75) is 45.6 Å². The average Bonchev–Trinajstić information content (AvgIpc) is 3.04. The topological polar surface area (TPSA) is 32.3 Å². The van der Waals surface area contributed by atoms with Gasteiger partial charge >= 0.3 is 0 Å². The second kappa shape index (κ2) is 9.16. The molecule has 1 saturated heterocycles. The zero-order valence-corrected chi connectivity index (χ0v) is 14.2. The molecule has 1 N–H and O–H groups in total. The number of halogens is 1. The molecule has 1 heterocycles. The summed E-state index contributed by atoms with van der Waals surface area (Å²) in [5, 5.41) is 4.11. The van der Waals surface area contributed by atoms with Crippen LogP contribution in [0.2, 0.25) is 5.02 Å². The summed E-state index contributed by atoms with van der Waals surface area (Å²) in [5.74, 6) is 0.928. The van der Waals surface area contributed by atoms with Gasteiger partial charge in [-0.25, -0.2) is 0 Å². The molecule has 1 unspecified atom stereocenters. The number of unbranched alkanes of at least 4 members (excludes halogenated alkanes) is 1. The van der Waals surface area contributed by atoms with Gasteiger partial charge in [0.25, 0.3) is 0 Å². The molecule has 0 aliphatic carbocycles. The number of carbonyl (C=O) groups excluding carboxylic acids is 1. The Bertz CT molecular complexity index is 472. The summed E-state index contributed by atoms with van der Waals surface area (Å²) in [6.45, 7) is 5.76. The van der Waals surface area contributed by atoms with Crippen LogP contribution in [0.5, 0.6) is 0 Å². The van der Waals surface area contributed by atoms with Crippen molar-refractivity contribution in [2.75, 3.05) is 19.6 Å². The van der Waals surface area contributed by atoms with Gasteiger partial charge < -0.3 is 10.2 Å². The highest BCUT2D eigenvalue weighted by molar-refractivity contribution is 6.31. The van der Waals surface area contributed by atoms with E-state index in [9.17, 15) is 4.79 Å². The van der Waals surface area contributed by atoms with E-state index in [4.69, 9.17) is 11.6 Å². The lowest BCUT2D eigenvalue weighted by Gasteiger charge is -2.24. The molecule has 1 aliphatic heterocycles. The molecule has 1 aromatic carbocycles. The molecule has 0 radical (unpaired) electrons. The molecule has 122 valence electrons. The average molecular weight is 323 g/mol. The van der Waals surface area contributed by atoms with E-state index >= 15 is 0 Å². The minimum Gasteiger partial charge on any atom is -0.338 e. The minimum absolute atomic E-state index is 0.264. The summed E-state index contributed by atoms with van der Waals surface area (Å²) in [7, 11) is 0. The van der Waals surface area contributed by atoms with Gasteiger partial charge in [0.15, 0.2) is 0 Å². The van der Waals surface area contributed by atoms with E-state index in [0.29, 0.717) is 18.9 Å². The Morgan fingerprint density at radius 3 is 2.91 bits per heavy atom. The van der Waals surface area contributed by atoms with Gasteiger partial charge in [0.1, 0.15) is 0 Å². The highest BCUT2D eigenvalue weighted by Gasteiger charge is 2.19. The summed E-state index contributed by atoms with van der Waals surface area (Å²) in [6, 6.07) is 7.81. The van der Waals surface area contributed by atoms with Crippen LogP contribution in [0, 0.1) is 5.92 Å². The first kappa shape index (κ1) is 17.3. The minimum atomic E-state index is 0.264. The van der Waals surface area contributed by atoms with E-state index in [1.807, 2.05) is 29.2 Å². The summed E-state index contributed by atoms with van der Waals surface area (Å²) in [6.07, 6.45) is 4.99. The molecule has 1 aliphatic rings. The molecule has 3 nitrogen and oxygen atoms in total. The van der Waals surface area contributed by atoms with E-state index in [1.165, 1.54) is 6.42 Å². The number of amides is 1. The fourth-order valence-corrected chi connectivity index (χ4v) is 3.12. The van der Waals surface area contributed by atoms with Gasteiger partial charge in [0.05, 0.1) is 0 Å². The number of carbonyl (C=O) groups is 1. The Kier molecular flexibility index (Phi) is 7.20. The van der Waals surface area contributed by atoms with E-state index in [-0.39, 0.29) is 5.91 Å². The molecular formula is C18H27ClN2O. The van der Waals surface area contributed by atoms with Crippen LogP contribution in [0.4, 0.5) is 0 Å². The Hall–Kier alpha value is -1.06. The van der Waals surface area contributed by atoms with Crippen molar-refractivity contribution in [3.63, 3.8) is 0 Å². The number of nitrogens with one attached hydrogen (secondary N) is 1. The number of nitrogens with zero attached hydrogens (tertiary/aromatic N) is 1. The van der Waals surface area contributed by atoms with Crippen LogP contribution in [0.1, 0.15) is 44.6 Å². The zero-order chi connectivity index (χ0) is 15.8. The first-order valence-electron chi connectivity index (χ1n) is 8.42. The number of benzene rings is 1. The molecular weight excluding hydrogens is 296 g/mol. The van der Waals surface area contributed by atoms with Crippen LogP contribution in [0.15, 0.2) is 24.3 Å². The molecule has 22 heavy (non-hydrogen) atoms. The van der Waals surface area contributed by atoms with Crippen molar-refractivity contribution >= 4 is 17.5 Å². The third-order valence-corrected chi connectivity index (χ3v) is 4.75. The maximum absolute atomic E-state index is 12.6. The SMILES string of the molecule is CCCCN(Cc1ccccc1Cl)C(=O)CCC1CCNC1. The van der Waals surface area contributed by atoms with Gasteiger partial charge in [0.2, 0.25) is 5.91 Å². The zero-order valence-electron chi connectivity index (χ0n) is 13.5. The molecule has 1 atom stereocenters. The van der Waals surface area contributed by atoms with E-state index in [0.717, 1.165) is 49.5 Å². The molecule has 2 rings (SSSR count). The molecule has 0 bridgehead atoms. The highest BCUT2D eigenvalue weighted by Crippen LogP contribution is 2.20. The predicted molar refractivity (Wildman–Crippen MR) is 92.0 cm³/mol. The lowest BCUT2D eigenvalue weighted by atomic mass is 10.0. The van der Waals surface area contributed by atoms with E-state index in [2.05, 4.69) is 12.2 Å². The van der Waals surface area contributed by atoms with Crippen LogP contribution in [0.25, 0.3) is 0 Å². The van der Waals surface area contributed by atoms with Crippen molar-refractivity contribution in [1.82, 2.24) is 10.2 Å². The van der Waals surface area contributed by atoms with Crippen LogP contribution < -0.4 is 5.32 Å². The van der Waals surface area contributed by atoms with Gasteiger partial charge in [-0.15, -0.1) is 0 Å². The summed E-state index contributed by atoms with van der Waals surface area (Å²) in [4.78, 5) is 14.6. The first-order chi connectivity index (χ1) is 10.7. The second-order valence-corrected chi connectivity index (χ2v) is 6.56. The Labute approximate surface area is 139 Å². The highest BCUT2D eigenvalue weighted by atomic mass is 35.5. The summed E-state index contributed by atoms with van der Waals surface area (Å²) in [5.41, 5.74) is 1.04. The van der Waals surface area contributed by atoms with Gasteiger partial charge in [-0.2, -0.15) is 0 Å². The van der Waals surface area contributed by atoms with Crippen molar-refractivity contribution in [3.05, 3.63) is 34.9 Å². The maximum atomic E-state index is 12.6. The second-order valence-electron chi connectivity index (χ2n) is 6.16. The Balaban J connectivity index is 1.92. The van der Waals surface area contributed by atoms with Crippen LogP contribution in [-0.2, 0) is 11.3 Å². The summed E-state index contributed by atoms with van der Waals surface area (Å²) >= 11 is 6.24. The Morgan fingerprint density at radius 1 is 1.41 bits per heavy atom. The van der Waals surface area contributed by atoms with Crippen LogP contribution in [0.3, 0.4) is 0 Å². The number of hydrogen-bond acceptors (Lipinski definition) is 2.